The third-order valence-corrected chi connectivity index (χ3v) is 5.66. The Hall–Kier alpha value is -4.84. The monoisotopic (exact) mass is 466 g/mol. The fourth-order valence-electron chi connectivity index (χ4n) is 3.76. The maximum Gasteiger partial charge on any atom is 0.320 e. The van der Waals surface area contributed by atoms with Crippen molar-refractivity contribution >= 4 is 29.0 Å². The Morgan fingerprint density at radius 3 is 2.89 bits per heavy atom. The van der Waals surface area contributed by atoms with Gasteiger partial charge in [0.25, 0.3) is 5.91 Å². The minimum atomic E-state index is -0.834. The largest absolute Gasteiger partial charge is 0.489 e. The van der Waals surface area contributed by atoms with Crippen LogP contribution in [0.4, 0.5) is 16.2 Å². The molecule has 0 spiro atoms. The molecule has 4 aromatic rings. The second kappa shape index (κ2) is 9.19. The number of nitrogens with one attached hydrogen (secondary N) is 2. The van der Waals surface area contributed by atoms with Gasteiger partial charge >= 0.3 is 6.03 Å². The zero-order chi connectivity index (χ0) is 24.4. The lowest BCUT2D eigenvalue weighted by Gasteiger charge is -2.20. The van der Waals surface area contributed by atoms with E-state index in [2.05, 4.69) is 32.6 Å². The summed E-state index contributed by atoms with van der Waals surface area (Å²) in [7, 11) is 1.66. The van der Waals surface area contributed by atoms with Gasteiger partial charge in [0.15, 0.2) is 5.65 Å². The Kier molecular flexibility index (Phi) is 5.77. The van der Waals surface area contributed by atoms with Crippen molar-refractivity contribution in [3.05, 3.63) is 83.8 Å². The van der Waals surface area contributed by atoms with Crippen molar-refractivity contribution in [3.63, 3.8) is 0 Å². The molecule has 0 unspecified atom stereocenters. The van der Waals surface area contributed by atoms with Gasteiger partial charge in [-0.2, -0.15) is 5.10 Å². The Labute approximate surface area is 201 Å². The quantitative estimate of drug-likeness (QED) is 0.443. The van der Waals surface area contributed by atoms with Gasteiger partial charge in [0.2, 0.25) is 0 Å². The number of hydrogen-bond donors (Lipinski definition) is 2. The molecular formula is C26H22N6O3. The highest BCUT2D eigenvalue weighted by molar-refractivity contribution is 6.02. The summed E-state index contributed by atoms with van der Waals surface area (Å²) in [6.45, 7) is 1.97. The molecule has 0 saturated heterocycles. The number of hydrogen-bond acceptors (Lipinski definition) is 5. The van der Waals surface area contributed by atoms with E-state index in [1.807, 2.05) is 37.3 Å². The first kappa shape index (κ1) is 22.0. The smallest absolute Gasteiger partial charge is 0.320 e. The second-order valence-electron chi connectivity index (χ2n) is 8.04. The van der Waals surface area contributed by atoms with E-state index in [1.54, 1.807) is 48.2 Å². The van der Waals surface area contributed by atoms with Gasteiger partial charge in [-0.1, -0.05) is 24.1 Å². The molecule has 0 radical (unpaired) electrons. The predicted octanol–water partition coefficient (Wildman–Crippen LogP) is 2.98. The topological polar surface area (TPSA) is 101 Å². The van der Waals surface area contributed by atoms with Crippen molar-refractivity contribution in [2.75, 3.05) is 23.9 Å². The van der Waals surface area contributed by atoms with Crippen LogP contribution in [0.5, 0.6) is 5.75 Å². The van der Waals surface area contributed by atoms with Gasteiger partial charge in [-0.15, -0.1) is 0 Å². The number of carbonyl (C=O) groups is 2. The number of amides is 3. The molecule has 5 rings (SSSR count). The molecule has 35 heavy (non-hydrogen) atoms. The molecule has 174 valence electrons. The second-order valence-corrected chi connectivity index (χ2v) is 8.04. The number of benzene rings is 2. The lowest BCUT2D eigenvalue weighted by Crippen LogP contribution is -2.50. The molecule has 0 aliphatic carbocycles. The van der Waals surface area contributed by atoms with Crippen LogP contribution >= 0.6 is 0 Å². The molecule has 3 amide bonds. The van der Waals surface area contributed by atoms with Gasteiger partial charge in [0.05, 0.1) is 11.9 Å². The number of aromatic nitrogens is 3. The van der Waals surface area contributed by atoms with Crippen LogP contribution in [0.2, 0.25) is 0 Å². The molecule has 0 bridgehead atoms. The number of fused-ring (bicyclic) bond motifs is 2. The number of nitrogens with zero attached hydrogens (tertiary/aromatic N) is 4. The summed E-state index contributed by atoms with van der Waals surface area (Å²) in [5.74, 6) is 6.55. The number of imidazole rings is 1. The van der Waals surface area contributed by atoms with Gasteiger partial charge in [-0.05, 0) is 54.8 Å². The van der Waals surface area contributed by atoms with Gasteiger partial charge in [-0.3, -0.25) is 4.79 Å². The van der Waals surface area contributed by atoms with E-state index in [1.165, 1.54) is 4.90 Å². The number of carbonyl (C=O) groups excluding carboxylic acids is 2. The van der Waals surface area contributed by atoms with Gasteiger partial charge in [0, 0.05) is 24.5 Å². The average molecular weight is 467 g/mol. The maximum atomic E-state index is 12.9. The number of ether oxygens (including phenoxy) is 1. The van der Waals surface area contributed by atoms with Crippen LogP contribution < -0.4 is 20.3 Å². The van der Waals surface area contributed by atoms with E-state index in [4.69, 9.17) is 4.74 Å². The summed E-state index contributed by atoms with van der Waals surface area (Å²) in [5.41, 5.74) is 4.28. The number of likely N-dealkylation sites (N-methyl/N-ethyl adjacent to an activating group) is 1. The molecular weight excluding hydrogens is 444 g/mol. The Bertz CT molecular complexity index is 1500. The molecule has 3 heterocycles. The highest BCUT2D eigenvalue weighted by atomic mass is 16.5. The molecule has 2 aromatic carbocycles. The minimum Gasteiger partial charge on any atom is -0.489 e. The summed E-state index contributed by atoms with van der Waals surface area (Å²) < 4.78 is 7.42. The van der Waals surface area contributed by atoms with Gasteiger partial charge < -0.3 is 20.3 Å². The van der Waals surface area contributed by atoms with Crippen molar-refractivity contribution < 1.29 is 14.3 Å². The summed E-state index contributed by atoms with van der Waals surface area (Å²) in [5, 5.41) is 9.76. The first-order valence-corrected chi connectivity index (χ1v) is 11.0. The fraction of sp³-hybridized carbons (Fsp3) is 0.154. The highest BCUT2D eigenvalue weighted by Crippen LogP contribution is 2.29. The zero-order valence-corrected chi connectivity index (χ0v) is 19.1. The number of para-hydroxylation sites is 2. The molecule has 1 aliphatic rings. The normalized spacial score (nSPS) is 14.9. The van der Waals surface area contributed by atoms with Crippen LogP contribution in [0, 0.1) is 18.8 Å². The van der Waals surface area contributed by atoms with Crippen molar-refractivity contribution in [2.45, 2.75) is 13.0 Å². The highest BCUT2D eigenvalue weighted by Gasteiger charge is 2.30. The van der Waals surface area contributed by atoms with Crippen LogP contribution in [0.1, 0.15) is 16.8 Å². The summed E-state index contributed by atoms with van der Waals surface area (Å²) in [6.07, 6.45) is 3.34. The van der Waals surface area contributed by atoms with Gasteiger partial charge in [-0.25, -0.2) is 14.3 Å². The molecule has 1 atom stereocenters. The fourth-order valence-corrected chi connectivity index (χ4v) is 3.76. The predicted molar refractivity (Wildman–Crippen MR) is 131 cm³/mol. The minimum absolute atomic E-state index is 0.0333. The Balaban J connectivity index is 1.29. The van der Waals surface area contributed by atoms with E-state index >= 15 is 0 Å². The average Bonchev–Trinajstić information content (AvgIpc) is 3.24. The number of rotatable bonds is 2. The standard InChI is InChI=1S/C26H22N6O3/c1-17-9-11-19(14-18(17)10-12-20-15-27-24-8-5-13-28-32(20)24)29-26(34)30-21-16-35-23-7-4-3-6-22(23)31(2)25(21)33/h3-9,11,13-15,21H,16H2,1-2H3,(H2,29,30,34)/t21-/m1/s1. The maximum absolute atomic E-state index is 12.9. The summed E-state index contributed by atoms with van der Waals surface area (Å²) in [4.78, 5) is 31.3. The van der Waals surface area contributed by atoms with E-state index < -0.39 is 12.1 Å². The molecule has 9 nitrogen and oxygen atoms in total. The number of aryl methyl sites for hydroxylation is 1. The Morgan fingerprint density at radius 1 is 1.14 bits per heavy atom. The zero-order valence-electron chi connectivity index (χ0n) is 19.1. The molecule has 0 fully saturated rings. The van der Waals surface area contributed by atoms with Crippen LogP contribution in [0.15, 0.2) is 67.0 Å². The van der Waals surface area contributed by atoms with Crippen molar-refractivity contribution in [1.82, 2.24) is 19.9 Å². The third-order valence-electron chi connectivity index (χ3n) is 5.66. The molecule has 9 heteroatoms. The lowest BCUT2D eigenvalue weighted by atomic mass is 10.1. The van der Waals surface area contributed by atoms with Crippen LogP contribution in [0.3, 0.4) is 0 Å². The third kappa shape index (κ3) is 4.50. The summed E-state index contributed by atoms with van der Waals surface area (Å²) in [6, 6.07) is 15.0. The van der Waals surface area contributed by atoms with E-state index in [0.29, 0.717) is 28.5 Å². The van der Waals surface area contributed by atoms with E-state index in [9.17, 15) is 9.59 Å². The molecule has 2 N–H and O–H groups in total. The SMILES string of the molecule is Cc1ccc(NC(=O)N[C@@H]2COc3ccccc3N(C)C2=O)cc1C#Cc1cnc2cccnn12. The summed E-state index contributed by atoms with van der Waals surface area (Å²) >= 11 is 0. The molecule has 2 aromatic heterocycles. The first-order valence-electron chi connectivity index (χ1n) is 11.0. The number of urea groups is 1. The molecule has 0 saturated carbocycles. The number of anilines is 2. The van der Waals surface area contributed by atoms with Gasteiger partial charge in [0.1, 0.15) is 24.1 Å². The molecule has 1 aliphatic heterocycles. The van der Waals surface area contributed by atoms with Crippen LogP contribution in [-0.2, 0) is 4.79 Å². The Morgan fingerprint density at radius 2 is 2.00 bits per heavy atom. The van der Waals surface area contributed by atoms with Crippen molar-refractivity contribution in [3.8, 4) is 17.6 Å². The van der Waals surface area contributed by atoms with Crippen molar-refractivity contribution in [2.24, 2.45) is 0 Å². The lowest BCUT2D eigenvalue weighted by molar-refractivity contribution is -0.120. The first-order chi connectivity index (χ1) is 17.0. The van der Waals surface area contributed by atoms with E-state index in [-0.39, 0.29) is 12.5 Å². The van der Waals surface area contributed by atoms with E-state index in [0.717, 1.165) is 11.1 Å². The van der Waals surface area contributed by atoms with Crippen molar-refractivity contribution in [1.29, 1.82) is 0 Å². The van der Waals surface area contributed by atoms with Crippen LogP contribution in [-0.4, -0.2) is 46.2 Å². The van der Waals surface area contributed by atoms with Crippen LogP contribution in [0.25, 0.3) is 5.65 Å².